The number of fused-ring (bicyclic) bond motifs is 1. The van der Waals surface area contributed by atoms with Crippen LogP contribution in [0.3, 0.4) is 0 Å². The molecule has 1 atom stereocenters. The number of rotatable bonds is 0. The molecular formula is C9H12BrN3O. The third kappa shape index (κ3) is 1.83. The van der Waals surface area contributed by atoms with E-state index in [-0.39, 0.29) is 6.04 Å². The van der Waals surface area contributed by atoms with Gasteiger partial charge in [-0.3, -0.25) is 0 Å². The summed E-state index contributed by atoms with van der Waals surface area (Å²) in [6.45, 7) is 1.30. The maximum Gasteiger partial charge on any atom is 0.171 e. The second-order valence-electron chi connectivity index (χ2n) is 3.43. The van der Waals surface area contributed by atoms with Gasteiger partial charge in [-0.25, -0.2) is 4.98 Å². The average Bonchev–Trinajstić information content (AvgIpc) is 2.26. The van der Waals surface area contributed by atoms with Crippen molar-refractivity contribution in [1.82, 2.24) is 4.98 Å². The standard InChI is InChI=1S/C9H12BrN3O/c1-13-4-7(11)5-14-8-2-6(10)3-12-9(8)13/h2-3,7H,4-5,11H2,1H3/t7-/m0/s1. The van der Waals surface area contributed by atoms with Crippen molar-refractivity contribution in [3.63, 3.8) is 0 Å². The number of pyridine rings is 1. The Bertz CT molecular complexity index is 345. The number of hydrogen-bond donors (Lipinski definition) is 1. The van der Waals surface area contributed by atoms with Gasteiger partial charge in [0.2, 0.25) is 0 Å². The Hall–Kier alpha value is -0.810. The van der Waals surface area contributed by atoms with Crippen molar-refractivity contribution >= 4 is 21.7 Å². The molecule has 2 rings (SSSR count). The van der Waals surface area contributed by atoms with E-state index in [4.69, 9.17) is 10.5 Å². The van der Waals surface area contributed by atoms with Crippen LogP contribution in [-0.2, 0) is 0 Å². The molecule has 0 radical (unpaired) electrons. The third-order valence-corrected chi connectivity index (χ3v) is 2.56. The van der Waals surface area contributed by atoms with E-state index in [9.17, 15) is 0 Å². The van der Waals surface area contributed by atoms with Gasteiger partial charge in [-0.05, 0) is 22.0 Å². The molecule has 0 saturated heterocycles. The molecule has 2 N–H and O–H groups in total. The number of halogens is 1. The van der Waals surface area contributed by atoms with Crippen LogP contribution in [0.2, 0.25) is 0 Å². The van der Waals surface area contributed by atoms with Crippen LogP contribution in [0, 0.1) is 0 Å². The minimum absolute atomic E-state index is 0.0352. The molecule has 1 aromatic heterocycles. The molecule has 0 spiro atoms. The van der Waals surface area contributed by atoms with Gasteiger partial charge in [-0.2, -0.15) is 0 Å². The molecule has 0 bridgehead atoms. The van der Waals surface area contributed by atoms with Crippen LogP contribution >= 0.6 is 15.9 Å². The summed E-state index contributed by atoms with van der Waals surface area (Å²) in [6, 6.07) is 1.95. The Kier molecular flexibility index (Phi) is 2.60. The number of ether oxygens (including phenoxy) is 1. The van der Waals surface area contributed by atoms with Crippen molar-refractivity contribution in [1.29, 1.82) is 0 Å². The van der Waals surface area contributed by atoms with E-state index in [2.05, 4.69) is 20.9 Å². The van der Waals surface area contributed by atoms with E-state index in [0.717, 1.165) is 22.6 Å². The molecule has 0 fully saturated rings. The zero-order valence-electron chi connectivity index (χ0n) is 7.90. The molecule has 0 aliphatic carbocycles. The summed E-state index contributed by atoms with van der Waals surface area (Å²) < 4.78 is 6.47. The zero-order valence-corrected chi connectivity index (χ0v) is 9.49. The van der Waals surface area contributed by atoms with Crippen molar-refractivity contribution in [3.05, 3.63) is 16.7 Å². The monoisotopic (exact) mass is 257 g/mol. The van der Waals surface area contributed by atoms with E-state index in [0.29, 0.717) is 6.61 Å². The Labute approximate surface area is 91.2 Å². The van der Waals surface area contributed by atoms with Gasteiger partial charge in [0.1, 0.15) is 6.61 Å². The first-order chi connectivity index (χ1) is 6.66. The molecule has 2 heterocycles. The van der Waals surface area contributed by atoms with Crippen LogP contribution in [0.5, 0.6) is 5.75 Å². The summed E-state index contributed by atoms with van der Waals surface area (Å²) >= 11 is 3.36. The third-order valence-electron chi connectivity index (χ3n) is 2.12. The van der Waals surface area contributed by atoms with Crippen molar-refractivity contribution in [2.24, 2.45) is 5.73 Å². The van der Waals surface area contributed by atoms with E-state index in [1.54, 1.807) is 6.20 Å². The first-order valence-electron chi connectivity index (χ1n) is 4.42. The first-order valence-corrected chi connectivity index (χ1v) is 5.21. The highest BCUT2D eigenvalue weighted by molar-refractivity contribution is 9.10. The average molecular weight is 258 g/mol. The fourth-order valence-electron chi connectivity index (χ4n) is 1.49. The molecule has 1 aliphatic rings. The quantitative estimate of drug-likeness (QED) is 0.754. The highest BCUT2D eigenvalue weighted by Crippen LogP contribution is 2.29. The molecule has 0 amide bonds. The molecule has 0 unspecified atom stereocenters. The molecule has 14 heavy (non-hydrogen) atoms. The summed E-state index contributed by atoms with van der Waals surface area (Å²) in [5.74, 6) is 1.64. The molecule has 1 aliphatic heterocycles. The summed E-state index contributed by atoms with van der Waals surface area (Å²) in [4.78, 5) is 6.31. The Morgan fingerprint density at radius 1 is 1.71 bits per heavy atom. The van der Waals surface area contributed by atoms with E-state index in [1.807, 2.05) is 18.0 Å². The second-order valence-corrected chi connectivity index (χ2v) is 4.34. The lowest BCUT2D eigenvalue weighted by molar-refractivity contribution is 0.300. The van der Waals surface area contributed by atoms with Crippen molar-refractivity contribution in [2.45, 2.75) is 6.04 Å². The van der Waals surface area contributed by atoms with E-state index >= 15 is 0 Å². The number of hydrogen-bond acceptors (Lipinski definition) is 4. The predicted octanol–water partition coefficient (Wildman–Crippen LogP) is 1.000. The van der Waals surface area contributed by atoms with Crippen molar-refractivity contribution in [2.75, 3.05) is 25.1 Å². The molecule has 0 saturated carbocycles. The van der Waals surface area contributed by atoms with Crippen molar-refractivity contribution in [3.8, 4) is 5.75 Å². The molecule has 1 aromatic rings. The van der Waals surface area contributed by atoms with Crippen LogP contribution in [-0.4, -0.2) is 31.2 Å². The van der Waals surface area contributed by atoms with Gasteiger partial charge in [0.25, 0.3) is 0 Å². The molecule has 5 heteroatoms. The van der Waals surface area contributed by atoms with Crippen LogP contribution in [0.4, 0.5) is 5.82 Å². The van der Waals surface area contributed by atoms with Gasteiger partial charge >= 0.3 is 0 Å². The van der Waals surface area contributed by atoms with E-state index in [1.165, 1.54) is 0 Å². The van der Waals surface area contributed by atoms with Gasteiger partial charge in [-0.1, -0.05) is 0 Å². The highest BCUT2D eigenvalue weighted by atomic mass is 79.9. The lowest BCUT2D eigenvalue weighted by Crippen LogP contribution is -2.37. The number of nitrogens with two attached hydrogens (primary N) is 1. The zero-order chi connectivity index (χ0) is 10.1. The first kappa shape index (κ1) is 9.73. The Morgan fingerprint density at radius 3 is 3.29 bits per heavy atom. The summed E-state index contributed by atoms with van der Waals surface area (Å²) in [7, 11) is 1.97. The number of nitrogens with zero attached hydrogens (tertiary/aromatic N) is 2. The lowest BCUT2D eigenvalue weighted by Gasteiger charge is -2.17. The fraction of sp³-hybridized carbons (Fsp3) is 0.444. The van der Waals surface area contributed by atoms with Crippen molar-refractivity contribution < 1.29 is 4.74 Å². The molecule has 76 valence electrons. The molecular weight excluding hydrogens is 246 g/mol. The van der Waals surface area contributed by atoms with Crippen LogP contribution in [0.25, 0.3) is 0 Å². The molecule has 0 aromatic carbocycles. The lowest BCUT2D eigenvalue weighted by atomic mass is 10.3. The number of anilines is 1. The van der Waals surface area contributed by atoms with Gasteiger partial charge in [-0.15, -0.1) is 0 Å². The molecule has 4 nitrogen and oxygen atoms in total. The number of aromatic nitrogens is 1. The predicted molar refractivity (Wildman–Crippen MR) is 58.7 cm³/mol. The smallest absolute Gasteiger partial charge is 0.171 e. The largest absolute Gasteiger partial charge is 0.488 e. The van der Waals surface area contributed by atoms with Gasteiger partial charge in [0.15, 0.2) is 11.6 Å². The normalized spacial score (nSPS) is 21.1. The van der Waals surface area contributed by atoms with Gasteiger partial charge in [0.05, 0.1) is 6.04 Å². The Morgan fingerprint density at radius 2 is 2.50 bits per heavy atom. The van der Waals surface area contributed by atoms with Crippen LogP contribution in [0.15, 0.2) is 16.7 Å². The summed E-state index contributed by atoms with van der Waals surface area (Å²) in [5.41, 5.74) is 5.84. The van der Waals surface area contributed by atoms with Gasteiger partial charge in [0, 0.05) is 24.3 Å². The Balaban J connectivity index is 2.38. The highest BCUT2D eigenvalue weighted by Gasteiger charge is 2.19. The maximum atomic E-state index is 5.84. The van der Waals surface area contributed by atoms with Gasteiger partial charge < -0.3 is 15.4 Å². The second kappa shape index (κ2) is 3.74. The van der Waals surface area contributed by atoms with Crippen LogP contribution < -0.4 is 15.4 Å². The minimum atomic E-state index is 0.0352. The SMILES string of the molecule is CN1C[C@H](N)COc2cc(Br)cnc21. The topological polar surface area (TPSA) is 51.4 Å². The minimum Gasteiger partial charge on any atom is -0.488 e. The van der Waals surface area contributed by atoms with Crippen LogP contribution in [0.1, 0.15) is 0 Å². The number of likely N-dealkylation sites (N-methyl/N-ethyl adjacent to an activating group) is 1. The van der Waals surface area contributed by atoms with E-state index < -0.39 is 0 Å². The fourth-order valence-corrected chi connectivity index (χ4v) is 1.80. The maximum absolute atomic E-state index is 5.84. The summed E-state index contributed by atoms with van der Waals surface area (Å²) in [5, 5.41) is 0. The summed E-state index contributed by atoms with van der Waals surface area (Å²) in [6.07, 6.45) is 1.76.